The molecule has 0 unspecified atom stereocenters. The molecule has 0 amide bonds. The molecule has 0 heterocycles. The predicted octanol–water partition coefficient (Wildman–Crippen LogP) is 0.814. The van der Waals surface area contributed by atoms with Gasteiger partial charge in [-0.05, 0) is 0 Å². The van der Waals surface area contributed by atoms with Crippen LogP contribution in [0, 0.1) is 11.8 Å². The van der Waals surface area contributed by atoms with E-state index in [1.165, 1.54) is 0 Å². The highest BCUT2D eigenvalue weighted by atomic mass is 16.5. The van der Waals surface area contributed by atoms with E-state index in [1.54, 1.807) is 13.8 Å². The Bertz CT molecular complexity index is 121. The minimum atomic E-state index is -0.203. The Morgan fingerprint density at radius 1 is 1.45 bits per heavy atom. The Balaban J connectivity index is 3.46. The third kappa shape index (κ3) is 4.79. The Morgan fingerprint density at radius 2 is 2.00 bits per heavy atom. The van der Waals surface area contributed by atoms with Crippen LogP contribution >= 0.6 is 0 Å². The molecule has 3 heteroatoms. The summed E-state index contributed by atoms with van der Waals surface area (Å²) in [7, 11) is 0. The SMILES string of the molecule is CC(C)C(=O)OC[C@@H](C)CO. The van der Waals surface area contributed by atoms with Gasteiger partial charge in [0.05, 0.1) is 12.5 Å². The molecule has 11 heavy (non-hydrogen) atoms. The van der Waals surface area contributed by atoms with Gasteiger partial charge in [-0.25, -0.2) is 0 Å². The summed E-state index contributed by atoms with van der Waals surface area (Å²) in [6, 6.07) is 0. The van der Waals surface area contributed by atoms with Gasteiger partial charge in [0.1, 0.15) is 0 Å². The van der Waals surface area contributed by atoms with Crippen LogP contribution in [0.2, 0.25) is 0 Å². The summed E-state index contributed by atoms with van der Waals surface area (Å²) in [5.41, 5.74) is 0. The molecule has 0 spiro atoms. The summed E-state index contributed by atoms with van der Waals surface area (Å²) in [5.74, 6) is -0.246. The van der Waals surface area contributed by atoms with Crippen molar-refractivity contribution in [2.24, 2.45) is 11.8 Å². The van der Waals surface area contributed by atoms with Gasteiger partial charge in [-0.2, -0.15) is 0 Å². The van der Waals surface area contributed by atoms with Crippen LogP contribution in [0.4, 0.5) is 0 Å². The largest absolute Gasteiger partial charge is 0.465 e. The number of carbonyl (C=O) groups is 1. The maximum absolute atomic E-state index is 10.9. The molecular weight excluding hydrogens is 144 g/mol. The molecule has 1 N–H and O–H groups in total. The van der Waals surface area contributed by atoms with Gasteiger partial charge in [-0.1, -0.05) is 20.8 Å². The van der Waals surface area contributed by atoms with Crippen molar-refractivity contribution < 1.29 is 14.6 Å². The monoisotopic (exact) mass is 160 g/mol. The van der Waals surface area contributed by atoms with E-state index in [2.05, 4.69) is 0 Å². The van der Waals surface area contributed by atoms with Gasteiger partial charge in [-0.3, -0.25) is 4.79 Å². The highest BCUT2D eigenvalue weighted by Crippen LogP contribution is 1.99. The first kappa shape index (κ1) is 10.4. The normalized spacial score (nSPS) is 13.2. The molecule has 0 aliphatic rings. The molecule has 0 radical (unpaired) electrons. The summed E-state index contributed by atoms with van der Waals surface area (Å²) in [5, 5.41) is 8.59. The zero-order valence-electron chi connectivity index (χ0n) is 7.33. The second kappa shape index (κ2) is 5.13. The third-order valence-corrected chi connectivity index (χ3v) is 1.29. The average Bonchev–Trinajstić information content (AvgIpc) is 1.99. The van der Waals surface area contributed by atoms with E-state index in [1.807, 2.05) is 6.92 Å². The minimum absolute atomic E-state index is 0.0395. The van der Waals surface area contributed by atoms with Crippen LogP contribution in [0.5, 0.6) is 0 Å². The number of esters is 1. The van der Waals surface area contributed by atoms with Crippen LogP contribution in [-0.2, 0) is 9.53 Å². The van der Waals surface area contributed by atoms with E-state index in [9.17, 15) is 4.79 Å². The van der Waals surface area contributed by atoms with Crippen LogP contribution in [0.3, 0.4) is 0 Å². The Kier molecular flexibility index (Phi) is 4.86. The van der Waals surface area contributed by atoms with E-state index in [4.69, 9.17) is 9.84 Å². The number of hydrogen-bond acceptors (Lipinski definition) is 3. The van der Waals surface area contributed by atoms with Crippen LogP contribution in [-0.4, -0.2) is 24.3 Å². The zero-order valence-corrected chi connectivity index (χ0v) is 7.33. The first-order valence-corrected chi connectivity index (χ1v) is 3.85. The predicted molar refractivity (Wildman–Crippen MR) is 42.0 cm³/mol. The molecule has 0 saturated heterocycles. The second-order valence-electron chi connectivity index (χ2n) is 3.07. The highest BCUT2D eigenvalue weighted by Gasteiger charge is 2.09. The van der Waals surface area contributed by atoms with Crippen molar-refractivity contribution in [3.8, 4) is 0 Å². The molecule has 0 saturated carbocycles. The third-order valence-electron chi connectivity index (χ3n) is 1.29. The van der Waals surface area contributed by atoms with Gasteiger partial charge < -0.3 is 9.84 Å². The Hall–Kier alpha value is -0.570. The second-order valence-corrected chi connectivity index (χ2v) is 3.07. The van der Waals surface area contributed by atoms with Crippen LogP contribution in [0.25, 0.3) is 0 Å². The van der Waals surface area contributed by atoms with E-state index < -0.39 is 0 Å². The van der Waals surface area contributed by atoms with Crippen molar-refractivity contribution in [1.82, 2.24) is 0 Å². The summed E-state index contributed by atoms with van der Waals surface area (Å²) in [6.07, 6.45) is 0. The van der Waals surface area contributed by atoms with E-state index in [0.29, 0.717) is 6.61 Å². The number of ether oxygens (including phenoxy) is 1. The van der Waals surface area contributed by atoms with Crippen molar-refractivity contribution in [3.05, 3.63) is 0 Å². The van der Waals surface area contributed by atoms with Gasteiger partial charge in [0.25, 0.3) is 0 Å². The van der Waals surface area contributed by atoms with Gasteiger partial charge in [0.15, 0.2) is 0 Å². The van der Waals surface area contributed by atoms with Gasteiger partial charge in [0, 0.05) is 12.5 Å². The summed E-state index contributed by atoms with van der Waals surface area (Å²) < 4.78 is 4.86. The Morgan fingerprint density at radius 3 is 2.36 bits per heavy atom. The fourth-order valence-electron chi connectivity index (χ4n) is 0.444. The van der Waals surface area contributed by atoms with Crippen LogP contribution in [0.1, 0.15) is 20.8 Å². The maximum Gasteiger partial charge on any atom is 0.308 e. The molecule has 0 fully saturated rings. The first-order valence-electron chi connectivity index (χ1n) is 3.85. The lowest BCUT2D eigenvalue weighted by Crippen LogP contribution is -2.17. The fourth-order valence-corrected chi connectivity index (χ4v) is 0.444. The molecule has 0 aromatic rings. The number of rotatable bonds is 4. The van der Waals surface area contributed by atoms with Crippen molar-refractivity contribution in [3.63, 3.8) is 0 Å². The number of carbonyl (C=O) groups excluding carboxylic acids is 1. The molecule has 0 bridgehead atoms. The summed E-state index contributed by atoms with van der Waals surface area (Å²) in [6.45, 7) is 5.77. The minimum Gasteiger partial charge on any atom is -0.465 e. The molecular formula is C8H16O3. The average molecular weight is 160 g/mol. The molecule has 0 aliphatic carbocycles. The van der Waals surface area contributed by atoms with Crippen LogP contribution in [0.15, 0.2) is 0 Å². The first-order chi connectivity index (χ1) is 5.07. The van der Waals surface area contributed by atoms with Crippen molar-refractivity contribution in [2.75, 3.05) is 13.2 Å². The molecule has 3 nitrogen and oxygen atoms in total. The number of aliphatic hydroxyl groups is 1. The van der Waals surface area contributed by atoms with E-state index in [-0.39, 0.29) is 24.4 Å². The molecule has 0 aliphatic heterocycles. The fraction of sp³-hybridized carbons (Fsp3) is 0.875. The lowest BCUT2D eigenvalue weighted by molar-refractivity contribution is -0.148. The number of aliphatic hydroxyl groups excluding tert-OH is 1. The van der Waals surface area contributed by atoms with Gasteiger partial charge in [0.2, 0.25) is 0 Å². The maximum atomic E-state index is 10.9. The molecule has 0 aromatic heterocycles. The zero-order chi connectivity index (χ0) is 8.85. The van der Waals surface area contributed by atoms with E-state index in [0.717, 1.165) is 0 Å². The van der Waals surface area contributed by atoms with Gasteiger partial charge in [-0.15, -0.1) is 0 Å². The quantitative estimate of drug-likeness (QED) is 0.619. The smallest absolute Gasteiger partial charge is 0.308 e. The Labute approximate surface area is 67.4 Å². The van der Waals surface area contributed by atoms with Crippen LogP contribution < -0.4 is 0 Å². The van der Waals surface area contributed by atoms with Crippen molar-refractivity contribution in [2.45, 2.75) is 20.8 Å². The summed E-state index contributed by atoms with van der Waals surface area (Å²) >= 11 is 0. The molecule has 0 aromatic carbocycles. The highest BCUT2D eigenvalue weighted by molar-refractivity contribution is 5.71. The lowest BCUT2D eigenvalue weighted by atomic mass is 10.2. The van der Waals surface area contributed by atoms with Gasteiger partial charge >= 0.3 is 5.97 Å². The lowest BCUT2D eigenvalue weighted by Gasteiger charge is -2.10. The van der Waals surface area contributed by atoms with Crippen molar-refractivity contribution in [1.29, 1.82) is 0 Å². The molecule has 66 valence electrons. The number of hydrogen-bond donors (Lipinski definition) is 1. The standard InChI is InChI=1S/C8H16O3/c1-6(2)8(10)11-5-7(3)4-9/h6-7,9H,4-5H2,1-3H3/t7-/m0/s1. The molecule has 1 atom stereocenters. The molecule has 0 rings (SSSR count). The van der Waals surface area contributed by atoms with Crippen molar-refractivity contribution >= 4 is 5.97 Å². The van der Waals surface area contributed by atoms with E-state index >= 15 is 0 Å². The summed E-state index contributed by atoms with van der Waals surface area (Å²) in [4.78, 5) is 10.9. The topological polar surface area (TPSA) is 46.5 Å².